The van der Waals surface area contributed by atoms with Gasteiger partial charge >= 0.3 is 5.97 Å². The van der Waals surface area contributed by atoms with Crippen molar-refractivity contribution in [2.75, 3.05) is 11.5 Å². The average molecular weight is 538 g/mol. The van der Waals surface area contributed by atoms with E-state index in [0.29, 0.717) is 45.6 Å². The van der Waals surface area contributed by atoms with E-state index in [1.54, 1.807) is 30.5 Å². The third kappa shape index (κ3) is 7.00. The lowest BCUT2D eigenvalue weighted by molar-refractivity contribution is -0.138. The number of esters is 1. The van der Waals surface area contributed by atoms with Gasteiger partial charge in [-0.25, -0.2) is 9.78 Å². The van der Waals surface area contributed by atoms with E-state index in [1.165, 1.54) is 11.0 Å². The summed E-state index contributed by atoms with van der Waals surface area (Å²) in [5.74, 6) is -0.451. The molecule has 1 heterocycles. The van der Waals surface area contributed by atoms with Gasteiger partial charge in [0.05, 0.1) is 28.4 Å². The smallest absolute Gasteiger partial charge is 0.334 e. The Labute approximate surface area is 220 Å². The molecule has 1 amide bonds. The van der Waals surface area contributed by atoms with E-state index in [9.17, 15) is 9.59 Å². The van der Waals surface area contributed by atoms with Gasteiger partial charge in [0.15, 0.2) is 0 Å². The van der Waals surface area contributed by atoms with Crippen molar-refractivity contribution >= 4 is 52.4 Å². The molecule has 1 aliphatic carbocycles. The average Bonchev–Trinajstić information content (AvgIpc) is 2.83. The minimum atomic E-state index is -0.507. The number of ether oxygens (including phenoxy) is 2. The number of rotatable bonds is 9. The second-order valence-corrected chi connectivity index (χ2v) is 9.53. The normalized spacial score (nSPS) is 13.5. The van der Waals surface area contributed by atoms with Gasteiger partial charge in [0, 0.05) is 23.4 Å². The fraction of sp³-hybridized carbons (Fsp3) is 0.346. The molecule has 9 heteroatoms. The predicted octanol–water partition coefficient (Wildman–Crippen LogP) is 6.96. The standard InChI is InChI=1S/C26H27Cl3N2O4/c1-4-11-34-26(33)19-8-6-5-7-18(19)25(32)31(15-17-9-10-24(29)30-14-17)22-13-23(35-16(2)3)21(28)12-20(22)27/h4,9-10,12-14,16H,1,5-8,11,15H2,2-3H3. The molecular weight excluding hydrogens is 511 g/mol. The first-order valence-electron chi connectivity index (χ1n) is 11.3. The highest BCUT2D eigenvalue weighted by Crippen LogP contribution is 2.39. The summed E-state index contributed by atoms with van der Waals surface area (Å²) in [6.45, 7) is 7.54. The van der Waals surface area contributed by atoms with Gasteiger partial charge in [0.1, 0.15) is 17.5 Å². The molecule has 0 radical (unpaired) electrons. The minimum absolute atomic E-state index is 0.0723. The number of aromatic nitrogens is 1. The Bertz CT molecular complexity index is 1130. The van der Waals surface area contributed by atoms with Gasteiger partial charge in [0.25, 0.3) is 5.91 Å². The Morgan fingerprint density at radius 1 is 1.11 bits per heavy atom. The van der Waals surface area contributed by atoms with Crippen molar-refractivity contribution in [2.45, 2.75) is 52.2 Å². The van der Waals surface area contributed by atoms with Crippen LogP contribution in [0.1, 0.15) is 45.1 Å². The van der Waals surface area contributed by atoms with Crippen LogP contribution < -0.4 is 9.64 Å². The largest absolute Gasteiger partial charge is 0.489 e. The fourth-order valence-corrected chi connectivity index (χ4v) is 4.41. The summed E-state index contributed by atoms with van der Waals surface area (Å²) in [7, 11) is 0. The maximum Gasteiger partial charge on any atom is 0.334 e. The van der Waals surface area contributed by atoms with E-state index in [0.717, 1.165) is 18.4 Å². The monoisotopic (exact) mass is 536 g/mol. The maximum atomic E-state index is 14.0. The summed E-state index contributed by atoms with van der Waals surface area (Å²) in [5.41, 5.74) is 1.92. The van der Waals surface area contributed by atoms with Crippen molar-refractivity contribution in [1.29, 1.82) is 0 Å². The quantitative estimate of drug-likeness (QED) is 0.196. The molecule has 0 bridgehead atoms. The van der Waals surface area contributed by atoms with Crippen LogP contribution in [0, 0.1) is 0 Å². The first kappa shape index (κ1) is 27.1. The molecule has 1 aromatic heterocycles. The number of benzene rings is 1. The number of carbonyl (C=O) groups is 2. The highest BCUT2D eigenvalue weighted by Gasteiger charge is 2.30. The second kappa shape index (κ2) is 12.4. The molecule has 0 saturated carbocycles. The van der Waals surface area contributed by atoms with E-state index >= 15 is 0 Å². The molecule has 2 aromatic rings. The summed E-state index contributed by atoms with van der Waals surface area (Å²) in [6, 6.07) is 6.61. The number of halogens is 3. The van der Waals surface area contributed by atoms with Crippen LogP contribution in [0.25, 0.3) is 0 Å². The van der Waals surface area contributed by atoms with E-state index in [4.69, 9.17) is 44.3 Å². The lowest BCUT2D eigenvalue weighted by atomic mass is 9.90. The Morgan fingerprint density at radius 3 is 2.46 bits per heavy atom. The number of nitrogens with zero attached hydrogens (tertiary/aromatic N) is 2. The maximum absolute atomic E-state index is 14.0. The topological polar surface area (TPSA) is 68.7 Å². The molecule has 0 N–H and O–H groups in total. The van der Waals surface area contributed by atoms with Crippen molar-refractivity contribution in [3.63, 3.8) is 0 Å². The SMILES string of the molecule is C=CCOC(=O)C1=C(C(=O)N(Cc2ccc(Cl)nc2)c2cc(OC(C)C)c(Cl)cc2Cl)CCCC1. The third-order valence-corrected chi connectivity index (χ3v) is 6.16. The van der Waals surface area contributed by atoms with Crippen LogP contribution in [-0.2, 0) is 20.9 Å². The zero-order valence-electron chi connectivity index (χ0n) is 19.7. The van der Waals surface area contributed by atoms with Crippen LogP contribution >= 0.6 is 34.8 Å². The minimum Gasteiger partial charge on any atom is -0.489 e. The van der Waals surface area contributed by atoms with Gasteiger partial charge in [0.2, 0.25) is 0 Å². The summed E-state index contributed by atoms with van der Waals surface area (Å²) >= 11 is 18.9. The van der Waals surface area contributed by atoms with Crippen molar-refractivity contribution < 1.29 is 19.1 Å². The molecule has 6 nitrogen and oxygen atoms in total. The molecular formula is C26H27Cl3N2O4. The van der Waals surface area contributed by atoms with Gasteiger partial charge in [-0.1, -0.05) is 53.5 Å². The summed E-state index contributed by atoms with van der Waals surface area (Å²) in [6.07, 6.45) is 5.43. The van der Waals surface area contributed by atoms with Gasteiger partial charge in [-0.15, -0.1) is 0 Å². The Kier molecular flexibility index (Phi) is 9.61. The summed E-state index contributed by atoms with van der Waals surface area (Å²) in [5, 5.41) is 0.943. The molecule has 1 aliphatic rings. The number of hydrogen-bond acceptors (Lipinski definition) is 5. The summed E-state index contributed by atoms with van der Waals surface area (Å²) in [4.78, 5) is 32.4. The second-order valence-electron chi connectivity index (χ2n) is 8.33. The van der Waals surface area contributed by atoms with Crippen LogP contribution in [0.15, 0.2) is 54.3 Å². The highest BCUT2D eigenvalue weighted by atomic mass is 35.5. The van der Waals surface area contributed by atoms with Gasteiger partial charge < -0.3 is 14.4 Å². The number of pyridine rings is 1. The van der Waals surface area contributed by atoms with Crippen molar-refractivity contribution in [2.24, 2.45) is 0 Å². The fourth-order valence-electron chi connectivity index (χ4n) is 3.77. The highest BCUT2D eigenvalue weighted by molar-refractivity contribution is 6.37. The number of amides is 1. The molecule has 1 aromatic carbocycles. The van der Waals surface area contributed by atoms with Gasteiger partial charge in [-0.05, 0) is 57.2 Å². The molecule has 0 atom stereocenters. The van der Waals surface area contributed by atoms with Crippen LogP contribution in [0.3, 0.4) is 0 Å². The number of carbonyl (C=O) groups excluding carboxylic acids is 2. The van der Waals surface area contributed by atoms with Crippen LogP contribution in [0.4, 0.5) is 5.69 Å². The molecule has 0 aliphatic heterocycles. The van der Waals surface area contributed by atoms with E-state index < -0.39 is 5.97 Å². The third-order valence-electron chi connectivity index (χ3n) is 5.33. The molecule has 0 unspecified atom stereocenters. The van der Waals surface area contributed by atoms with Gasteiger partial charge in [-0.3, -0.25) is 4.79 Å². The van der Waals surface area contributed by atoms with Crippen molar-refractivity contribution in [1.82, 2.24) is 4.98 Å². The number of anilines is 1. The summed E-state index contributed by atoms with van der Waals surface area (Å²) < 4.78 is 11.1. The number of hydrogen-bond donors (Lipinski definition) is 0. The van der Waals surface area contributed by atoms with Crippen LogP contribution in [0.2, 0.25) is 15.2 Å². The van der Waals surface area contributed by atoms with E-state index in [2.05, 4.69) is 11.6 Å². The zero-order chi connectivity index (χ0) is 25.5. The van der Waals surface area contributed by atoms with Crippen LogP contribution in [-0.4, -0.2) is 29.6 Å². The molecule has 0 saturated heterocycles. The lowest BCUT2D eigenvalue weighted by Gasteiger charge is -2.28. The Hall–Kier alpha value is -2.54. The van der Waals surface area contributed by atoms with E-state index in [-0.39, 0.29) is 30.2 Å². The Morgan fingerprint density at radius 2 is 1.83 bits per heavy atom. The molecule has 35 heavy (non-hydrogen) atoms. The van der Waals surface area contributed by atoms with Gasteiger partial charge in [-0.2, -0.15) is 0 Å². The first-order chi connectivity index (χ1) is 16.7. The predicted molar refractivity (Wildman–Crippen MR) is 139 cm³/mol. The zero-order valence-corrected chi connectivity index (χ0v) is 21.9. The Balaban J connectivity index is 2.10. The molecule has 0 fully saturated rings. The molecule has 186 valence electrons. The van der Waals surface area contributed by atoms with E-state index in [1.807, 2.05) is 13.8 Å². The lowest BCUT2D eigenvalue weighted by Crippen LogP contribution is -2.34. The molecule has 3 rings (SSSR count). The van der Waals surface area contributed by atoms with Crippen molar-refractivity contribution in [3.8, 4) is 5.75 Å². The molecule has 0 spiro atoms. The van der Waals surface area contributed by atoms with Crippen molar-refractivity contribution in [3.05, 3.63) is 75.0 Å². The first-order valence-corrected chi connectivity index (χ1v) is 12.4. The van der Waals surface area contributed by atoms with Crippen LogP contribution in [0.5, 0.6) is 5.75 Å².